The number of carboxylic acids is 1. The summed E-state index contributed by atoms with van der Waals surface area (Å²) in [6, 6.07) is 1.52. The van der Waals surface area contributed by atoms with Crippen LogP contribution in [0.25, 0.3) is 10.9 Å². The van der Waals surface area contributed by atoms with Crippen molar-refractivity contribution in [3.63, 3.8) is 0 Å². The molecular formula is C19H22FN3O4. The molecule has 1 aromatic heterocycles. The number of hydrogen-bond acceptors (Lipinski definition) is 5. The molecule has 1 aliphatic carbocycles. The molecule has 2 fully saturated rings. The smallest absolute Gasteiger partial charge is 0.341 e. The van der Waals surface area contributed by atoms with Crippen LogP contribution >= 0.6 is 0 Å². The topological polar surface area (TPSA) is 94.8 Å². The fraction of sp³-hybridized carbons (Fsp3) is 0.474. The van der Waals surface area contributed by atoms with Crippen LogP contribution in [0.2, 0.25) is 0 Å². The monoisotopic (exact) mass is 375 g/mol. The number of hydrogen-bond donors (Lipinski definition) is 3. The number of anilines is 1. The summed E-state index contributed by atoms with van der Waals surface area (Å²) in [5.41, 5.74) is -0.0924. The van der Waals surface area contributed by atoms with Crippen LogP contribution < -0.4 is 15.6 Å². The van der Waals surface area contributed by atoms with Gasteiger partial charge in [0.15, 0.2) is 0 Å². The molecule has 1 saturated carbocycles. The first kappa shape index (κ1) is 17.9. The normalized spacial score (nSPS) is 25.0. The number of piperazine rings is 1. The summed E-state index contributed by atoms with van der Waals surface area (Å²) in [4.78, 5) is 26.2. The van der Waals surface area contributed by atoms with Crippen molar-refractivity contribution in [3.8, 4) is 0 Å². The Morgan fingerprint density at radius 2 is 2.11 bits per heavy atom. The first-order valence-electron chi connectivity index (χ1n) is 9.07. The van der Waals surface area contributed by atoms with E-state index in [0.717, 1.165) is 6.54 Å². The Hall–Kier alpha value is -2.45. The van der Waals surface area contributed by atoms with Gasteiger partial charge in [-0.2, -0.15) is 0 Å². The molecule has 27 heavy (non-hydrogen) atoms. The Balaban J connectivity index is 1.99. The molecule has 8 heteroatoms. The summed E-state index contributed by atoms with van der Waals surface area (Å²) >= 11 is 0. The maximum atomic E-state index is 15.2. The van der Waals surface area contributed by atoms with Gasteiger partial charge in [-0.15, -0.1) is 0 Å². The molecule has 0 radical (unpaired) electrons. The molecule has 1 saturated heterocycles. The Morgan fingerprint density at radius 3 is 2.70 bits per heavy atom. The van der Waals surface area contributed by atoms with Gasteiger partial charge in [-0.25, -0.2) is 9.18 Å². The number of nitrogens with one attached hydrogen (secondary N) is 1. The van der Waals surface area contributed by atoms with Crippen LogP contribution in [0.5, 0.6) is 0 Å². The first-order chi connectivity index (χ1) is 12.8. The number of nitrogens with zero attached hydrogens (tertiary/aromatic N) is 2. The summed E-state index contributed by atoms with van der Waals surface area (Å²) in [5, 5.41) is 22.6. The number of carbonyl (C=O) groups is 1. The summed E-state index contributed by atoms with van der Waals surface area (Å²) in [5.74, 6) is -1.86. The molecule has 2 aromatic rings. The van der Waals surface area contributed by atoms with E-state index in [2.05, 4.69) is 5.32 Å². The SMILES string of the molecule is Cc1c(F)c(N2CCNC(C)C2)cc2c1c(=O)c(C(=O)O)cn2C1CC1O. The zero-order valence-electron chi connectivity index (χ0n) is 15.2. The van der Waals surface area contributed by atoms with Gasteiger partial charge in [0.2, 0.25) is 5.43 Å². The number of fused-ring (bicyclic) bond motifs is 1. The van der Waals surface area contributed by atoms with Crippen molar-refractivity contribution in [2.24, 2.45) is 0 Å². The maximum Gasteiger partial charge on any atom is 0.341 e. The van der Waals surface area contributed by atoms with Gasteiger partial charge in [-0.3, -0.25) is 4.79 Å². The zero-order valence-corrected chi connectivity index (χ0v) is 15.2. The van der Waals surface area contributed by atoms with Crippen LogP contribution in [-0.4, -0.2) is 52.5 Å². The molecule has 3 N–H and O–H groups in total. The summed E-state index contributed by atoms with van der Waals surface area (Å²) < 4.78 is 16.8. The van der Waals surface area contributed by atoms with Crippen molar-refractivity contribution in [1.29, 1.82) is 0 Å². The van der Waals surface area contributed by atoms with Crippen molar-refractivity contribution < 1.29 is 19.4 Å². The van der Waals surface area contributed by atoms with E-state index >= 15 is 4.39 Å². The number of aromatic nitrogens is 1. The Morgan fingerprint density at radius 1 is 1.41 bits per heavy atom. The van der Waals surface area contributed by atoms with Gasteiger partial charge in [0.1, 0.15) is 11.4 Å². The minimum absolute atomic E-state index is 0.0680. The molecule has 3 unspecified atom stereocenters. The molecule has 0 spiro atoms. The molecule has 1 aromatic carbocycles. The highest BCUT2D eigenvalue weighted by Gasteiger charge is 2.38. The van der Waals surface area contributed by atoms with Gasteiger partial charge in [-0.1, -0.05) is 0 Å². The number of halogens is 1. The number of benzene rings is 1. The predicted octanol–water partition coefficient (Wildman–Crippen LogP) is 1.25. The molecule has 4 rings (SSSR count). The molecule has 2 heterocycles. The number of rotatable bonds is 3. The van der Waals surface area contributed by atoms with Crippen LogP contribution in [-0.2, 0) is 0 Å². The lowest BCUT2D eigenvalue weighted by molar-refractivity contribution is 0.0694. The third-order valence-corrected chi connectivity index (χ3v) is 5.50. The van der Waals surface area contributed by atoms with Crippen LogP contribution in [0.4, 0.5) is 10.1 Å². The fourth-order valence-corrected chi connectivity index (χ4v) is 3.93. The van der Waals surface area contributed by atoms with E-state index in [4.69, 9.17) is 0 Å². The van der Waals surface area contributed by atoms with Gasteiger partial charge in [-0.05, 0) is 26.3 Å². The quantitative estimate of drug-likeness (QED) is 0.748. The van der Waals surface area contributed by atoms with Crippen LogP contribution in [0.1, 0.15) is 35.3 Å². The standard InChI is InChI=1S/C19H22FN3O4/c1-9-7-22(4-3-21-9)14-5-13-16(10(2)17(14)20)18(25)11(19(26)27)8-23(13)12-6-15(12)24/h5,8-9,12,15,21,24H,3-4,6-7H2,1-2H3,(H,26,27). The van der Waals surface area contributed by atoms with Crippen molar-refractivity contribution >= 4 is 22.6 Å². The number of aliphatic hydroxyl groups excluding tert-OH is 1. The summed E-state index contributed by atoms with van der Waals surface area (Å²) in [6.45, 7) is 5.52. The van der Waals surface area contributed by atoms with E-state index in [1.54, 1.807) is 10.6 Å². The van der Waals surface area contributed by atoms with Gasteiger partial charge >= 0.3 is 5.97 Å². The van der Waals surface area contributed by atoms with E-state index in [1.165, 1.54) is 13.1 Å². The molecule has 7 nitrogen and oxygen atoms in total. The number of aliphatic hydroxyl groups is 1. The highest BCUT2D eigenvalue weighted by atomic mass is 19.1. The number of aryl methyl sites for hydroxylation is 1. The second-order valence-corrected chi connectivity index (χ2v) is 7.48. The number of aromatic carboxylic acids is 1. The molecule has 0 amide bonds. The van der Waals surface area contributed by atoms with E-state index < -0.39 is 28.9 Å². The largest absolute Gasteiger partial charge is 0.477 e. The number of carboxylic acid groups (broad SMARTS) is 1. The van der Waals surface area contributed by atoms with E-state index in [-0.39, 0.29) is 23.0 Å². The zero-order chi connectivity index (χ0) is 19.5. The Bertz CT molecular complexity index is 1000. The highest BCUT2D eigenvalue weighted by molar-refractivity contribution is 5.95. The molecule has 144 valence electrons. The summed E-state index contributed by atoms with van der Waals surface area (Å²) in [6.07, 6.45) is 1.16. The average molecular weight is 375 g/mol. The molecular weight excluding hydrogens is 353 g/mol. The van der Waals surface area contributed by atoms with Crippen LogP contribution in [0.15, 0.2) is 17.1 Å². The minimum Gasteiger partial charge on any atom is -0.477 e. The van der Waals surface area contributed by atoms with Crippen molar-refractivity contribution in [2.45, 2.75) is 38.5 Å². The summed E-state index contributed by atoms with van der Waals surface area (Å²) in [7, 11) is 0. The highest BCUT2D eigenvalue weighted by Crippen LogP contribution is 2.39. The van der Waals surface area contributed by atoms with Gasteiger partial charge in [0.05, 0.1) is 28.7 Å². The maximum absolute atomic E-state index is 15.2. The number of pyridine rings is 1. The third kappa shape index (κ3) is 2.89. The van der Waals surface area contributed by atoms with E-state index in [0.29, 0.717) is 30.7 Å². The molecule has 2 aliphatic rings. The second-order valence-electron chi connectivity index (χ2n) is 7.48. The Kier molecular flexibility index (Phi) is 4.20. The van der Waals surface area contributed by atoms with Gasteiger partial charge < -0.3 is 25.0 Å². The molecule has 3 atom stereocenters. The predicted molar refractivity (Wildman–Crippen MR) is 99.2 cm³/mol. The van der Waals surface area contributed by atoms with Crippen molar-refractivity contribution in [3.05, 3.63) is 39.4 Å². The van der Waals surface area contributed by atoms with E-state index in [1.807, 2.05) is 11.8 Å². The lowest BCUT2D eigenvalue weighted by Gasteiger charge is -2.34. The first-order valence-corrected chi connectivity index (χ1v) is 9.07. The fourth-order valence-electron chi connectivity index (χ4n) is 3.93. The van der Waals surface area contributed by atoms with Gasteiger partial charge in [0.25, 0.3) is 0 Å². The van der Waals surface area contributed by atoms with E-state index in [9.17, 15) is 19.8 Å². The Labute approximate surface area is 155 Å². The second kappa shape index (κ2) is 6.31. The minimum atomic E-state index is -1.36. The lowest BCUT2D eigenvalue weighted by atomic mass is 10.0. The molecule has 0 bridgehead atoms. The van der Waals surface area contributed by atoms with Gasteiger partial charge in [0, 0.05) is 37.4 Å². The van der Waals surface area contributed by atoms with Crippen LogP contribution in [0, 0.1) is 12.7 Å². The van der Waals surface area contributed by atoms with Crippen molar-refractivity contribution in [1.82, 2.24) is 9.88 Å². The molecule has 1 aliphatic heterocycles. The average Bonchev–Trinajstić information content (AvgIpc) is 3.34. The third-order valence-electron chi connectivity index (χ3n) is 5.50. The van der Waals surface area contributed by atoms with Crippen LogP contribution in [0.3, 0.4) is 0 Å². The lowest BCUT2D eigenvalue weighted by Crippen LogP contribution is -2.49. The van der Waals surface area contributed by atoms with Crippen molar-refractivity contribution in [2.75, 3.05) is 24.5 Å².